The van der Waals surface area contributed by atoms with Crippen molar-refractivity contribution in [1.82, 2.24) is 0 Å². The molecule has 6 aromatic rings. The highest BCUT2D eigenvalue weighted by molar-refractivity contribution is 6.28. The van der Waals surface area contributed by atoms with Gasteiger partial charge in [0.05, 0.1) is 9.85 Å². The lowest BCUT2D eigenvalue weighted by molar-refractivity contribution is -0.385. The smallest absolute Gasteiger partial charge is 0.270 e. The van der Waals surface area contributed by atoms with Crippen molar-refractivity contribution < 1.29 is 19.4 Å². The molecule has 0 aliphatic heterocycles. The van der Waals surface area contributed by atoms with Gasteiger partial charge in [0.15, 0.2) is 11.6 Å². The van der Waals surface area contributed by atoms with E-state index in [0.717, 1.165) is 43.8 Å². The molecular weight excluding hydrogens is 532 g/mol. The van der Waals surface area contributed by atoms with Crippen LogP contribution in [0, 0.1) is 20.2 Å². The van der Waals surface area contributed by atoms with Gasteiger partial charge in [-0.3, -0.25) is 29.8 Å². The average Bonchev–Trinajstić information content (AvgIpc) is 3.01. The number of hydrogen-bond donors (Lipinski definition) is 0. The molecule has 8 nitrogen and oxygen atoms in total. The maximum Gasteiger partial charge on any atom is 0.270 e. The second-order valence-corrected chi connectivity index (χ2v) is 10.5. The fourth-order valence-electron chi connectivity index (χ4n) is 6.42. The van der Waals surface area contributed by atoms with E-state index in [4.69, 9.17) is 0 Å². The predicted molar refractivity (Wildman–Crippen MR) is 158 cm³/mol. The van der Waals surface area contributed by atoms with E-state index >= 15 is 0 Å². The van der Waals surface area contributed by atoms with Crippen LogP contribution in [0.15, 0.2) is 97.1 Å². The number of nitro benzene ring substituents is 2. The Balaban J connectivity index is 1.41. The van der Waals surface area contributed by atoms with Crippen molar-refractivity contribution in [3.8, 4) is 33.4 Å². The number of ketones is 2. The fourth-order valence-corrected chi connectivity index (χ4v) is 6.42. The van der Waals surface area contributed by atoms with Gasteiger partial charge in [-0.05, 0) is 80.6 Å². The summed E-state index contributed by atoms with van der Waals surface area (Å²) < 4.78 is 0. The molecule has 0 amide bonds. The molecule has 0 spiro atoms. The SMILES string of the molecule is O=C1c2cc([N+](=O)[O-])ccc2-c2cc(-c3cc4c5c(cccc5c3)C(=O)c3cc([N+](=O)[O-])ccc3-4)cc3cccc1c23. The molecule has 2 aliphatic rings. The largest absolute Gasteiger partial charge is 0.289 e. The zero-order valence-corrected chi connectivity index (χ0v) is 21.6. The zero-order chi connectivity index (χ0) is 28.9. The van der Waals surface area contributed by atoms with Gasteiger partial charge in [-0.25, -0.2) is 0 Å². The van der Waals surface area contributed by atoms with E-state index in [1.54, 1.807) is 36.4 Å². The van der Waals surface area contributed by atoms with Gasteiger partial charge in [0.1, 0.15) is 0 Å². The third-order valence-corrected chi connectivity index (χ3v) is 8.27. The molecule has 0 unspecified atom stereocenters. The van der Waals surface area contributed by atoms with Gasteiger partial charge in [0.25, 0.3) is 11.4 Å². The molecule has 0 N–H and O–H groups in total. The summed E-state index contributed by atoms with van der Waals surface area (Å²) in [6, 6.07) is 27.7. The third-order valence-electron chi connectivity index (χ3n) is 8.27. The standard InChI is InChI=1S/C34H16N2O6/c37-33-25-5-1-3-17-11-19(13-27(31(17)25)23-9-7-21(35(39)40)15-29(23)33)20-12-18-4-2-6-26-32(18)28(14-20)24-10-8-22(36(41)42)16-30(24)34(26)38/h1-16H. The van der Waals surface area contributed by atoms with Crippen molar-refractivity contribution in [2.24, 2.45) is 0 Å². The summed E-state index contributed by atoms with van der Waals surface area (Å²) in [5.74, 6) is -0.504. The molecule has 0 saturated carbocycles. The van der Waals surface area contributed by atoms with Crippen LogP contribution < -0.4 is 0 Å². The van der Waals surface area contributed by atoms with Gasteiger partial charge in [-0.1, -0.05) is 36.4 Å². The summed E-state index contributed by atoms with van der Waals surface area (Å²) in [6.45, 7) is 0. The Hall–Kier alpha value is -6.02. The van der Waals surface area contributed by atoms with E-state index < -0.39 is 9.85 Å². The van der Waals surface area contributed by atoms with E-state index in [-0.39, 0.29) is 34.1 Å². The molecule has 6 aromatic carbocycles. The average molecular weight is 549 g/mol. The van der Waals surface area contributed by atoms with Crippen LogP contribution in [0.2, 0.25) is 0 Å². The van der Waals surface area contributed by atoms with Gasteiger partial charge in [0.2, 0.25) is 0 Å². The Morgan fingerprint density at radius 3 is 1.26 bits per heavy atom. The van der Waals surface area contributed by atoms with E-state index in [0.29, 0.717) is 22.3 Å². The molecule has 198 valence electrons. The van der Waals surface area contributed by atoms with Crippen molar-refractivity contribution in [3.05, 3.63) is 140 Å². The molecule has 0 fully saturated rings. The quantitative estimate of drug-likeness (QED) is 0.163. The van der Waals surface area contributed by atoms with Crippen LogP contribution in [0.1, 0.15) is 31.8 Å². The molecule has 2 aliphatic carbocycles. The molecule has 0 bridgehead atoms. The number of fused-ring (bicyclic) bond motifs is 4. The summed E-state index contributed by atoms with van der Waals surface area (Å²) in [6.07, 6.45) is 0. The van der Waals surface area contributed by atoms with Crippen molar-refractivity contribution in [1.29, 1.82) is 0 Å². The lowest BCUT2D eigenvalue weighted by Gasteiger charge is -2.23. The van der Waals surface area contributed by atoms with Crippen LogP contribution in [0.25, 0.3) is 54.9 Å². The van der Waals surface area contributed by atoms with Crippen molar-refractivity contribution in [2.75, 3.05) is 0 Å². The lowest BCUT2D eigenvalue weighted by atomic mass is 9.79. The lowest BCUT2D eigenvalue weighted by Crippen LogP contribution is -2.11. The topological polar surface area (TPSA) is 120 Å². The number of rotatable bonds is 3. The van der Waals surface area contributed by atoms with Crippen LogP contribution in [-0.2, 0) is 0 Å². The first-order chi connectivity index (χ1) is 20.3. The highest BCUT2D eigenvalue weighted by Gasteiger charge is 2.30. The van der Waals surface area contributed by atoms with E-state index in [2.05, 4.69) is 0 Å². The van der Waals surface area contributed by atoms with Gasteiger partial charge < -0.3 is 0 Å². The first-order valence-electron chi connectivity index (χ1n) is 13.1. The molecule has 8 rings (SSSR count). The minimum absolute atomic E-state index is 0.147. The molecule has 8 heteroatoms. The Morgan fingerprint density at radius 1 is 0.429 bits per heavy atom. The third kappa shape index (κ3) is 3.17. The number of carbonyl (C=O) groups is 2. The maximum absolute atomic E-state index is 13.4. The highest BCUT2D eigenvalue weighted by atomic mass is 16.6. The number of non-ortho nitro benzene ring substituents is 2. The van der Waals surface area contributed by atoms with E-state index in [1.165, 1.54) is 24.3 Å². The van der Waals surface area contributed by atoms with Crippen molar-refractivity contribution in [3.63, 3.8) is 0 Å². The van der Waals surface area contributed by atoms with Crippen LogP contribution in [0.3, 0.4) is 0 Å². The summed E-state index contributed by atoms with van der Waals surface area (Å²) >= 11 is 0. The Morgan fingerprint density at radius 2 is 0.857 bits per heavy atom. The Kier molecular flexibility index (Phi) is 4.68. The highest BCUT2D eigenvalue weighted by Crippen LogP contribution is 2.46. The number of nitro groups is 2. The van der Waals surface area contributed by atoms with Gasteiger partial charge in [-0.2, -0.15) is 0 Å². The van der Waals surface area contributed by atoms with Gasteiger partial charge in [0, 0.05) is 57.3 Å². The minimum atomic E-state index is -0.508. The fraction of sp³-hybridized carbons (Fsp3) is 0. The maximum atomic E-state index is 13.4. The molecule has 0 saturated heterocycles. The van der Waals surface area contributed by atoms with Crippen molar-refractivity contribution >= 4 is 44.5 Å². The summed E-state index contributed by atoms with van der Waals surface area (Å²) in [5.41, 5.74) is 5.85. The van der Waals surface area contributed by atoms with Crippen molar-refractivity contribution in [2.45, 2.75) is 0 Å². The number of nitrogens with zero attached hydrogens (tertiary/aromatic N) is 2. The molecular formula is C34H16N2O6. The Labute approximate surface area is 236 Å². The van der Waals surface area contributed by atoms with E-state index in [9.17, 15) is 29.8 Å². The molecule has 0 atom stereocenters. The van der Waals surface area contributed by atoms with Crippen LogP contribution in [0.4, 0.5) is 11.4 Å². The molecule has 42 heavy (non-hydrogen) atoms. The molecule has 0 radical (unpaired) electrons. The summed E-state index contributed by atoms with van der Waals surface area (Å²) in [7, 11) is 0. The summed E-state index contributed by atoms with van der Waals surface area (Å²) in [4.78, 5) is 48.7. The van der Waals surface area contributed by atoms with E-state index in [1.807, 2.05) is 36.4 Å². The normalized spacial score (nSPS) is 12.8. The molecule has 0 heterocycles. The van der Waals surface area contributed by atoms with Gasteiger partial charge in [-0.15, -0.1) is 0 Å². The second-order valence-electron chi connectivity index (χ2n) is 10.5. The van der Waals surface area contributed by atoms with Crippen LogP contribution >= 0.6 is 0 Å². The second kappa shape index (κ2) is 8.25. The zero-order valence-electron chi connectivity index (χ0n) is 21.6. The predicted octanol–water partition coefficient (Wildman–Crippen LogP) is 7.90. The van der Waals surface area contributed by atoms with Crippen LogP contribution in [-0.4, -0.2) is 21.4 Å². The number of hydrogen-bond acceptors (Lipinski definition) is 6. The number of benzene rings is 6. The monoisotopic (exact) mass is 548 g/mol. The number of carbonyl (C=O) groups excluding carboxylic acids is 2. The summed E-state index contributed by atoms with van der Waals surface area (Å²) in [5, 5.41) is 26.2. The Bertz CT molecular complexity index is 2140. The molecule has 0 aromatic heterocycles. The minimum Gasteiger partial charge on any atom is -0.289 e. The first-order valence-corrected chi connectivity index (χ1v) is 13.1. The van der Waals surface area contributed by atoms with Crippen LogP contribution in [0.5, 0.6) is 0 Å². The first kappa shape index (κ1) is 23.8. The van der Waals surface area contributed by atoms with Gasteiger partial charge >= 0.3 is 0 Å².